The van der Waals surface area contributed by atoms with Crippen molar-refractivity contribution in [3.8, 4) is 0 Å². The van der Waals surface area contributed by atoms with Gasteiger partial charge in [0.25, 0.3) is 5.91 Å². The molecule has 1 aromatic carbocycles. The summed E-state index contributed by atoms with van der Waals surface area (Å²) in [6.07, 6.45) is 1.79. The highest BCUT2D eigenvalue weighted by atomic mass is 127. The second-order valence-electron chi connectivity index (χ2n) is 5.09. The molecule has 0 radical (unpaired) electrons. The molecule has 1 heterocycles. The smallest absolute Gasteiger partial charge is 0.257 e. The maximum atomic E-state index is 13.8. The first-order valence-corrected chi connectivity index (χ1v) is 7.57. The van der Waals surface area contributed by atoms with Crippen LogP contribution in [0.25, 0.3) is 0 Å². The van der Waals surface area contributed by atoms with Crippen LogP contribution in [0.4, 0.5) is 4.39 Å². The summed E-state index contributed by atoms with van der Waals surface area (Å²) in [5, 5.41) is 0. The predicted molar refractivity (Wildman–Crippen MR) is 88.6 cm³/mol. The Balaban J connectivity index is 0.00000200. The van der Waals surface area contributed by atoms with E-state index in [2.05, 4.69) is 0 Å². The average molecular weight is 413 g/mol. The van der Waals surface area contributed by atoms with Crippen molar-refractivity contribution in [2.75, 3.05) is 13.1 Å². The van der Waals surface area contributed by atoms with Crippen molar-refractivity contribution < 1.29 is 9.18 Å². The maximum Gasteiger partial charge on any atom is 0.257 e. The van der Waals surface area contributed by atoms with E-state index in [1.165, 1.54) is 6.07 Å². The number of carbonyl (C=O) groups excluding carboxylic acids is 1. The summed E-state index contributed by atoms with van der Waals surface area (Å²) in [6, 6.07) is 4.87. The molecule has 112 valence electrons. The molecular formula is C14H19ClFIN2O. The number of nitrogens with two attached hydrogens (primary N) is 1. The lowest BCUT2D eigenvalue weighted by molar-refractivity contribution is 0.0675. The van der Waals surface area contributed by atoms with E-state index in [9.17, 15) is 9.18 Å². The molecule has 0 aromatic heterocycles. The third-order valence-corrected chi connectivity index (χ3v) is 4.65. The molecule has 1 aliphatic rings. The van der Waals surface area contributed by atoms with E-state index < -0.39 is 5.82 Å². The molecule has 3 nitrogen and oxygen atoms in total. The Labute approximate surface area is 138 Å². The largest absolute Gasteiger partial charge is 0.339 e. The zero-order valence-electron chi connectivity index (χ0n) is 11.3. The van der Waals surface area contributed by atoms with Crippen molar-refractivity contribution in [3.05, 3.63) is 33.1 Å². The van der Waals surface area contributed by atoms with Gasteiger partial charge in [-0.25, -0.2) is 4.39 Å². The number of likely N-dealkylation sites (tertiary alicyclic amines) is 1. The van der Waals surface area contributed by atoms with Gasteiger partial charge < -0.3 is 10.6 Å². The van der Waals surface area contributed by atoms with Gasteiger partial charge in [-0.1, -0.05) is 6.07 Å². The SMILES string of the molecule is CC(N)C1CCN(C(=O)c2c(F)cccc2I)CC1.Cl. The number of amides is 1. The molecular weight excluding hydrogens is 394 g/mol. The van der Waals surface area contributed by atoms with Gasteiger partial charge in [0.05, 0.1) is 5.56 Å². The first-order chi connectivity index (χ1) is 9.00. The summed E-state index contributed by atoms with van der Waals surface area (Å²) in [6.45, 7) is 3.33. The van der Waals surface area contributed by atoms with Crippen LogP contribution >= 0.6 is 35.0 Å². The highest BCUT2D eigenvalue weighted by Gasteiger charge is 2.27. The maximum absolute atomic E-state index is 13.8. The van der Waals surface area contributed by atoms with E-state index in [0.29, 0.717) is 22.6 Å². The molecule has 0 spiro atoms. The fourth-order valence-corrected chi connectivity index (χ4v) is 3.18. The Morgan fingerprint density at radius 1 is 1.45 bits per heavy atom. The topological polar surface area (TPSA) is 46.3 Å². The summed E-state index contributed by atoms with van der Waals surface area (Å²) in [5.41, 5.74) is 6.08. The van der Waals surface area contributed by atoms with Crippen LogP contribution < -0.4 is 5.73 Å². The number of piperidine rings is 1. The van der Waals surface area contributed by atoms with Gasteiger partial charge in [-0.3, -0.25) is 4.79 Å². The third-order valence-electron chi connectivity index (χ3n) is 3.75. The molecule has 0 bridgehead atoms. The zero-order valence-corrected chi connectivity index (χ0v) is 14.3. The quantitative estimate of drug-likeness (QED) is 0.759. The first kappa shape index (κ1) is 17.7. The van der Waals surface area contributed by atoms with Gasteiger partial charge in [0, 0.05) is 22.7 Å². The Bertz CT molecular complexity index is 456. The average Bonchev–Trinajstić information content (AvgIpc) is 2.38. The summed E-state index contributed by atoms with van der Waals surface area (Å²) in [5.74, 6) is -0.180. The fourth-order valence-electron chi connectivity index (χ4n) is 2.49. The van der Waals surface area contributed by atoms with Crippen molar-refractivity contribution in [1.82, 2.24) is 4.90 Å². The van der Waals surface area contributed by atoms with Gasteiger partial charge in [0.15, 0.2) is 0 Å². The summed E-state index contributed by atoms with van der Waals surface area (Å²) >= 11 is 2.00. The highest BCUT2D eigenvalue weighted by molar-refractivity contribution is 14.1. The molecule has 1 aromatic rings. The standard InChI is InChI=1S/C14H18FIN2O.ClH/c1-9(17)10-5-7-18(8-6-10)14(19)13-11(15)3-2-4-12(13)16;/h2-4,9-10H,5-8,17H2,1H3;1H. The number of hydrogen-bond acceptors (Lipinski definition) is 2. The molecule has 1 aliphatic heterocycles. The molecule has 20 heavy (non-hydrogen) atoms. The van der Waals surface area contributed by atoms with Crippen LogP contribution in [-0.4, -0.2) is 29.9 Å². The lowest BCUT2D eigenvalue weighted by atomic mass is 9.90. The van der Waals surface area contributed by atoms with Crippen molar-refractivity contribution >= 4 is 40.9 Å². The highest BCUT2D eigenvalue weighted by Crippen LogP contribution is 2.23. The van der Waals surface area contributed by atoms with Crippen molar-refractivity contribution in [2.24, 2.45) is 11.7 Å². The minimum absolute atomic E-state index is 0. The van der Waals surface area contributed by atoms with Gasteiger partial charge in [0.1, 0.15) is 5.82 Å². The van der Waals surface area contributed by atoms with E-state index in [-0.39, 0.29) is 29.9 Å². The second kappa shape index (κ2) is 7.56. The van der Waals surface area contributed by atoms with Crippen LogP contribution in [0.15, 0.2) is 18.2 Å². The molecule has 1 fully saturated rings. The molecule has 0 aliphatic carbocycles. The molecule has 1 atom stereocenters. The zero-order chi connectivity index (χ0) is 14.0. The van der Waals surface area contributed by atoms with E-state index >= 15 is 0 Å². The Kier molecular flexibility index (Phi) is 6.68. The molecule has 6 heteroatoms. The summed E-state index contributed by atoms with van der Waals surface area (Å²) in [4.78, 5) is 14.1. The first-order valence-electron chi connectivity index (χ1n) is 6.49. The molecule has 1 amide bonds. The van der Waals surface area contributed by atoms with Crippen LogP contribution in [0, 0.1) is 15.3 Å². The minimum Gasteiger partial charge on any atom is -0.339 e. The van der Waals surface area contributed by atoms with Crippen LogP contribution in [0.1, 0.15) is 30.1 Å². The normalized spacial score (nSPS) is 17.5. The molecule has 2 N–H and O–H groups in total. The molecule has 1 unspecified atom stereocenters. The third kappa shape index (κ3) is 3.83. The number of rotatable bonds is 2. The molecule has 2 rings (SSSR count). The molecule has 0 saturated carbocycles. The monoisotopic (exact) mass is 412 g/mol. The van der Waals surface area contributed by atoms with E-state index in [1.807, 2.05) is 29.5 Å². The Morgan fingerprint density at radius 3 is 2.55 bits per heavy atom. The predicted octanol–water partition coefficient (Wildman–Crippen LogP) is 3.05. The summed E-state index contributed by atoms with van der Waals surface area (Å²) in [7, 11) is 0. The van der Waals surface area contributed by atoms with Gasteiger partial charge in [0.2, 0.25) is 0 Å². The second-order valence-corrected chi connectivity index (χ2v) is 6.25. The van der Waals surface area contributed by atoms with Crippen molar-refractivity contribution in [2.45, 2.75) is 25.8 Å². The number of benzene rings is 1. The van der Waals surface area contributed by atoms with Crippen LogP contribution in [-0.2, 0) is 0 Å². The Hall–Kier alpha value is -0.400. The number of halogens is 3. The van der Waals surface area contributed by atoms with Gasteiger partial charge in [-0.2, -0.15) is 0 Å². The lowest BCUT2D eigenvalue weighted by Crippen LogP contribution is -2.43. The minimum atomic E-state index is -0.439. The molecule has 1 saturated heterocycles. The lowest BCUT2D eigenvalue weighted by Gasteiger charge is -2.34. The number of nitrogens with zero attached hydrogens (tertiary/aromatic N) is 1. The van der Waals surface area contributed by atoms with Crippen molar-refractivity contribution in [1.29, 1.82) is 0 Å². The van der Waals surface area contributed by atoms with E-state index in [1.54, 1.807) is 17.0 Å². The van der Waals surface area contributed by atoms with Crippen LogP contribution in [0.2, 0.25) is 0 Å². The van der Waals surface area contributed by atoms with Gasteiger partial charge in [-0.15, -0.1) is 12.4 Å². The fraction of sp³-hybridized carbons (Fsp3) is 0.500. The van der Waals surface area contributed by atoms with Crippen LogP contribution in [0.3, 0.4) is 0 Å². The van der Waals surface area contributed by atoms with Gasteiger partial charge >= 0.3 is 0 Å². The Morgan fingerprint density at radius 2 is 2.05 bits per heavy atom. The van der Waals surface area contributed by atoms with Crippen LogP contribution in [0.5, 0.6) is 0 Å². The van der Waals surface area contributed by atoms with E-state index in [0.717, 1.165) is 12.8 Å². The number of carbonyl (C=O) groups is 1. The van der Waals surface area contributed by atoms with E-state index in [4.69, 9.17) is 5.73 Å². The summed E-state index contributed by atoms with van der Waals surface area (Å²) < 4.78 is 14.5. The van der Waals surface area contributed by atoms with Crippen molar-refractivity contribution in [3.63, 3.8) is 0 Å². The van der Waals surface area contributed by atoms with Gasteiger partial charge in [-0.05, 0) is 60.4 Å². The number of hydrogen-bond donors (Lipinski definition) is 1.